The second-order valence-corrected chi connectivity index (χ2v) is 6.14. The van der Waals surface area contributed by atoms with Crippen LogP contribution in [0, 0.1) is 5.82 Å². The number of hydrogen-bond acceptors (Lipinski definition) is 2. The summed E-state index contributed by atoms with van der Waals surface area (Å²) in [5.74, 6) is -0.137. The zero-order valence-corrected chi connectivity index (χ0v) is 14.2. The molecule has 0 atom stereocenters. The Balaban J connectivity index is 1.73. The lowest BCUT2D eigenvalue weighted by molar-refractivity contribution is 0.102. The summed E-state index contributed by atoms with van der Waals surface area (Å²) < 4.78 is 13.8. The fourth-order valence-corrected chi connectivity index (χ4v) is 2.51. The average molecular weight is 334 g/mol. The van der Waals surface area contributed by atoms with E-state index in [0.717, 1.165) is 5.69 Å². The Labute approximate surface area is 146 Å². The van der Waals surface area contributed by atoms with Gasteiger partial charge in [-0.25, -0.2) is 4.39 Å². The van der Waals surface area contributed by atoms with Gasteiger partial charge in [0.2, 0.25) is 0 Å². The molecule has 3 rings (SSSR count). The molecule has 2 aromatic carbocycles. The molecule has 0 unspecified atom stereocenters. The van der Waals surface area contributed by atoms with Crippen LogP contribution in [0.15, 0.2) is 66.9 Å². The van der Waals surface area contributed by atoms with E-state index in [1.165, 1.54) is 17.8 Å². The summed E-state index contributed by atoms with van der Waals surface area (Å²) in [4.78, 5) is 16.5. The van der Waals surface area contributed by atoms with Crippen LogP contribution in [0.1, 0.15) is 35.7 Å². The minimum absolute atomic E-state index is 0.245. The van der Waals surface area contributed by atoms with E-state index >= 15 is 0 Å². The van der Waals surface area contributed by atoms with Gasteiger partial charge in [-0.1, -0.05) is 38.1 Å². The SMILES string of the molecule is CC(C)c1ccc(NC(=O)c2ccc(-c3ccccc3F)nc2)cc1. The average Bonchev–Trinajstić information content (AvgIpc) is 2.63. The van der Waals surface area contributed by atoms with Gasteiger partial charge in [-0.3, -0.25) is 9.78 Å². The molecule has 0 aliphatic rings. The highest BCUT2D eigenvalue weighted by Gasteiger charge is 2.10. The predicted octanol–water partition coefficient (Wildman–Crippen LogP) is 5.26. The van der Waals surface area contributed by atoms with Crippen molar-refractivity contribution < 1.29 is 9.18 Å². The van der Waals surface area contributed by atoms with Crippen LogP contribution in [0.3, 0.4) is 0 Å². The van der Waals surface area contributed by atoms with E-state index in [2.05, 4.69) is 24.1 Å². The molecular weight excluding hydrogens is 315 g/mol. The van der Waals surface area contributed by atoms with Crippen LogP contribution in [-0.2, 0) is 0 Å². The molecule has 0 aliphatic carbocycles. The Morgan fingerprint density at radius 1 is 1.00 bits per heavy atom. The van der Waals surface area contributed by atoms with E-state index in [4.69, 9.17) is 0 Å². The lowest BCUT2D eigenvalue weighted by Crippen LogP contribution is -2.12. The molecule has 0 fully saturated rings. The first-order valence-electron chi connectivity index (χ1n) is 8.17. The van der Waals surface area contributed by atoms with Crippen molar-refractivity contribution in [1.29, 1.82) is 0 Å². The van der Waals surface area contributed by atoms with Gasteiger partial charge >= 0.3 is 0 Å². The van der Waals surface area contributed by atoms with Crippen molar-refractivity contribution in [3.63, 3.8) is 0 Å². The number of rotatable bonds is 4. The predicted molar refractivity (Wildman–Crippen MR) is 98.1 cm³/mol. The number of carbonyl (C=O) groups is 1. The summed E-state index contributed by atoms with van der Waals surface area (Å²) in [7, 11) is 0. The molecule has 1 N–H and O–H groups in total. The molecule has 4 heteroatoms. The molecule has 1 heterocycles. The van der Waals surface area contributed by atoms with E-state index in [-0.39, 0.29) is 11.7 Å². The van der Waals surface area contributed by atoms with Crippen molar-refractivity contribution >= 4 is 11.6 Å². The molecule has 3 aromatic rings. The zero-order valence-electron chi connectivity index (χ0n) is 14.2. The maximum atomic E-state index is 13.8. The van der Waals surface area contributed by atoms with E-state index < -0.39 is 0 Å². The second kappa shape index (κ2) is 7.26. The monoisotopic (exact) mass is 334 g/mol. The van der Waals surface area contributed by atoms with E-state index in [1.54, 1.807) is 30.3 Å². The summed E-state index contributed by atoms with van der Waals surface area (Å²) >= 11 is 0. The lowest BCUT2D eigenvalue weighted by Gasteiger charge is -2.09. The van der Waals surface area contributed by atoms with Crippen LogP contribution in [0.25, 0.3) is 11.3 Å². The van der Waals surface area contributed by atoms with Gasteiger partial charge in [0.15, 0.2) is 0 Å². The normalized spacial score (nSPS) is 10.7. The molecule has 1 amide bonds. The quantitative estimate of drug-likeness (QED) is 0.707. The van der Waals surface area contributed by atoms with Crippen LogP contribution < -0.4 is 5.32 Å². The molecule has 0 spiro atoms. The Bertz CT molecular complexity index is 871. The number of nitrogens with zero attached hydrogens (tertiary/aromatic N) is 1. The van der Waals surface area contributed by atoms with Crippen LogP contribution in [-0.4, -0.2) is 10.9 Å². The van der Waals surface area contributed by atoms with E-state index in [1.807, 2.05) is 24.3 Å². The first kappa shape index (κ1) is 16.8. The third kappa shape index (κ3) is 3.91. The van der Waals surface area contributed by atoms with E-state index in [0.29, 0.717) is 22.7 Å². The second-order valence-electron chi connectivity index (χ2n) is 6.14. The first-order valence-corrected chi connectivity index (χ1v) is 8.17. The highest BCUT2D eigenvalue weighted by atomic mass is 19.1. The topological polar surface area (TPSA) is 42.0 Å². The molecule has 1 aromatic heterocycles. The Hall–Kier alpha value is -3.01. The summed E-state index contributed by atoms with van der Waals surface area (Å²) in [6.45, 7) is 4.24. The highest BCUT2D eigenvalue weighted by Crippen LogP contribution is 2.21. The number of nitrogens with one attached hydrogen (secondary N) is 1. The standard InChI is InChI=1S/C21H19FN2O/c1-14(2)15-7-10-17(11-8-15)24-21(25)16-9-12-20(23-13-16)18-5-3-4-6-19(18)22/h3-14H,1-2H3,(H,24,25). The molecule has 3 nitrogen and oxygen atoms in total. The van der Waals surface area contributed by atoms with Crippen LogP contribution in [0.2, 0.25) is 0 Å². The van der Waals surface area contributed by atoms with Gasteiger partial charge in [0.1, 0.15) is 5.82 Å². The van der Waals surface area contributed by atoms with Crippen LogP contribution in [0.5, 0.6) is 0 Å². The van der Waals surface area contributed by atoms with Crippen molar-refractivity contribution in [3.8, 4) is 11.3 Å². The number of halogens is 1. The number of hydrogen-bond donors (Lipinski definition) is 1. The van der Waals surface area contributed by atoms with Crippen LogP contribution in [0.4, 0.5) is 10.1 Å². The molecule has 0 saturated heterocycles. The van der Waals surface area contributed by atoms with Crippen LogP contribution >= 0.6 is 0 Å². The van der Waals surface area contributed by atoms with Gasteiger partial charge in [0.25, 0.3) is 5.91 Å². The Morgan fingerprint density at radius 3 is 2.32 bits per heavy atom. The molecular formula is C21H19FN2O. The van der Waals surface area contributed by atoms with Gasteiger partial charge in [-0.05, 0) is 47.9 Å². The largest absolute Gasteiger partial charge is 0.322 e. The van der Waals surface area contributed by atoms with Crippen molar-refractivity contribution in [3.05, 3.63) is 83.8 Å². The van der Waals surface area contributed by atoms with Crippen molar-refractivity contribution in [2.45, 2.75) is 19.8 Å². The molecule has 25 heavy (non-hydrogen) atoms. The lowest BCUT2D eigenvalue weighted by atomic mass is 10.0. The van der Waals surface area contributed by atoms with E-state index in [9.17, 15) is 9.18 Å². The summed E-state index contributed by atoms with van der Waals surface area (Å²) in [5, 5.41) is 2.84. The van der Waals surface area contributed by atoms with Crippen molar-refractivity contribution in [2.75, 3.05) is 5.32 Å². The number of anilines is 1. The molecule has 126 valence electrons. The maximum Gasteiger partial charge on any atom is 0.257 e. The zero-order chi connectivity index (χ0) is 17.8. The van der Waals surface area contributed by atoms with Crippen molar-refractivity contribution in [1.82, 2.24) is 4.98 Å². The highest BCUT2D eigenvalue weighted by molar-refractivity contribution is 6.04. The summed E-state index contributed by atoms with van der Waals surface area (Å²) in [5.41, 5.74) is 3.28. The number of pyridine rings is 1. The third-order valence-electron chi connectivity index (χ3n) is 4.01. The first-order chi connectivity index (χ1) is 12.0. The summed E-state index contributed by atoms with van der Waals surface area (Å²) in [6.07, 6.45) is 1.46. The number of benzene rings is 2. The van der Waals surface area contributed by atoms with Gasteiger partial charge in [0, 0.05) is 17.4 Å². The van der Waals surface area contributed by atoms with Gasteiger partial charge < -0.3 is 5.32 Å². The molecule has 0 radical (unpaired) electrons. The number of aromatic nitrogens is 1. The Kier molecular flexibility index (Phi) is 4.89. The third-order valence-corrected chi connectivity index (χ3v) is 4.01. The fourth-order valence-electron chi connectivity index (χ4n) is 2.51. The van der Waals surface area contributed by atoms with Gasteiger partial charge in [0.05, 0.1) is 11.3 Å². The summed E-state index contributed by atoms with van der Waals surface area (Å²) in [6, 6.07) is 17.5. The van der Waals surface area contributed by atoms with Gasteiger partial charge in [-0.2, -0.15) is 0 Å². The molecule has 0 aliphatic heterocycles. The van der Waals surface area contributed by atoms with Crippen molar-refractivity contribution in [2.24, 2.45) is 0 Å². The maximum absolute atomic E-state index is 13.8. The Morgan fingerprint density at radius 2 is 1.72 bits per heavy atom. The number of carbonyl (C=O) groups excluding carboxylic acids is 1. The fraction of sp³-hybridized carbons (Fsp3) is 0.143. The molecule has 0 bridgehead atoms. The minimum Gasteiger partial charge on any atom is -0.322 e. The smallest absolute Gasteiger partial charge is 0.257 e. The number of amides is 1. The molecule has 0 saturated carbocycles. The van der Waals surface area contributed by atoms with Gasteiger partial charge in [-0.15, -0.1) is 0 Å². The minimum atomic E-state index is -0.336.